The molecule has 2 aliphatic heterocycles. The van der Waals surface area contributed by atoms with Crippen LogP contribution in [0.15, 0.2) is 12.3 Å². The highest BCUT2D eigenvalue weighted by Crippen LogP contribution is 2.38. The molecule has 4 rings (SSSR count). The van der Waals surface area contributed by atoms with Crippen molar-refractivity contribution in [2.75, 3.05) is 44.2 Å². The molecule has 2 amide bonds. The number of hydrogen-bond acceptors (Lipinski definition) is 9. The zero-order valence-electron chi connectivity index (χ0n) is 24.4. The summed E-state index contributed by atoms with van der Waals surface area (Å²) in [5.41, 5.74) is 2.42. The Labute approximate surface area is 242 Å². The SMILES string of the molecule is COC(OC)c1nc2c(cc1CO[Si](C)(C)C(C)(C)C)CCCN2C(=O)Nc1ncc(Cl)c(OC2CCOC2)n1. The average molecular weight is 594 g/mol. The quantitative estimate of drug-likeness (QED) is 0.297. The first-order valence-corrected chi connectivity index (χ1v) is 16.8. The van der Waals surface area contributed by atoms with Crippen molar-refractivity contribution in [1.82, 2.24) is 15.0 Å². The maximum absolute atomic E-state index is 13.5. The van der Waals surface area contributed by atoms with E-state index in [-0.39, 0.29) is 28.0 Å². The first kappa shape index (κ1) is 30.6. The van der Waals surface area contributed by atoms with Gasteiger partial charge in [0.05, 0.1) is 26.0 Å². The molecule has 13 heteroatoms. The van der Waals surface area contributed by atoms with E-state index in [2.05, 4.69) is 55.2 Å². The van der Waals surface area contributed by atoms with Gasteiger partial charge in [-0.05, 0) is 42.6 Å². The van der Waals surface area contributed by atoms with E-state index in [1.807, 2.05) is 0 Å². The Morgan fingerprint density at radius 3 is 2.67 bits per heavy atom. The lowest BCUT2D eigenvalue weighted by Gasteiger charge is -2.36. The summed E-state index contributed by atoms with van der Waals surface area (Å²) in [6.45, 7) is 13.0. The number of urea groups is 1. The molecule has 0 radical (unpaired) electrons. The van der Waals surface area contributed by atoms with Crippen LogP contribution in [0.4, 0.5) is 16.6 Å². The van der Waals surface area contributed by atoms with Gasteiger partial charge in [-0.2, -0.15) is 4.98 Å². The number of aromatic nitrogens is 3. The van der Waals surface area contributed by atoms with Crippen molar-refractivity contribution in [3.63, 3.8) is 0 Å². The van der Waals surface area contributed by atoms with Crippen molar-refractivity contribution in [3.05, 3.63) is 34.1 Å². The number of amides is 2. The third-order valence-electron chi connectivity index (χ3n) is 7.66. The number of carbonyl (C=O) groups is 1. The Kier molecular flexibility index (Phi) is 9.69. The highest BCUT2D eigenvalue weighted by Gasteiger charge is 2.38. The van der Waals surface area contributed by atoms with Crippen LogP contribution in [0.5, 0.6) is 5.88 Å². The summed E-state index contributed by atoms with van der Waals surface area (Å²) in [5, 5.41) is 3.09. The largest absolute Gasteiger partial charge is 0.471 e. The minimum Gasteiger partial charge on any atom is -0.471 e. The fourth-order valence-electron chi connectivity index (χ4n) is 4.29. The lowest BCUT2D eigenvalue weighted by Crippen LogP contribution is -2.41. The lowest BCUT2D eigenvalue weighted by atomic mass is 10.0. The number of aryl methyl sites for hydroxylation is 1. The summed E-state index contributed by atoms with van der Waals surface area (Å²) in [7, 11) is 1.10. The molecule has 1 unspecified atom stereocenters. The number of nitrogens with zero attached hydrogens (tertiary/aromatic N) is 4. The van der Waals surface area contributed by atoms with Crippen molar-refractivity contribution in [2.24, 2.45) is 0 Å². The van der Waals surface area contributed by atoms with E-state index in [0.717, 1.165) is 30.4 Å². The van der Waals surface area contributed by atoms with Crippen LogP contribution < -0.4 is 15.0 Å². The van der Waals surface area contributed by atoms with Crippen LogP contribution in [-0.4, -0.2) is 69.4 Å². The van der Waals surface area contributed by atoms with Gasteiger partial charge in [-0.15, -0.1) is 0 Å². The van der Waals surface area contributed by atoms with Crippen molar-refractivity contribution < 1.29 is 28.2 Å². The van der Waals surface area contributed by atoms with Gasteiger partial charge in [0.2, 0.25) is 18.1 Å². The predicted molar refractivity (Wildman–Crippen MR) is 155 cm³/mol. The molecule has 1 atom stereocenters. The van der Waals surface area contributed by atoms with Crippen LogP contribution in [-0.2, 0) is 31.7 Å². The summed E-state index contributed by atoms with van der Waals surface area (Å²) in [6, 6.07) is 1.65. The van der Waals surface area contributed by atoms with Crippen LogP contribution in [0.2, 0.25) is 23.2 Å². The molecule has 40 heavy (non-hydrogen) atoms. The van der Waals surface area contributed by atoms with Gasteiger partial charge in [-0.25, -0.2) is 14.8 Å². The van der Waals surface area contributed by atoms with Crippen LogP contribution in [0.3, 0.4) is 0 Å². The molecule has 0 aromatic carbocycles. The van der Waals surface area contributed by atoms with Gasteiger partial charge < -0.3 is 23.4 Å². The second kappa shape index (κ2) is 12.7. The van der Waals surface area contributed by atoms with Crippen LogP contribution in [0.1, 0.15) is 56.7 Å². The highest BCUT2D eigenvalue weighted by molar-refractivity contribution is 6.74. The molecule has 0 saturated carbocycles. The molecule has 11 nitrogen and oxygen atoms in total. The molecule has 4 heterocycles. The summed E-state index contributed by atoms with van der Waals surface area (Å²) in [6.07, 6.45) is 2.85. The van der Waals surface area contributed by atoms with Gasteiger partial charge in [0, 0.05) is 32.7 Å². The number of nitrogens with one attached hydrogen (secondary N) is 1. The first-order valence-electron chi connectivity index (χ1n) is 13.5. The van der Waals surface area contributed by atoms with Crippen molar-refractivity contribution in [2.45, 2.75) is 77.2 Å². The Hall–Kier alpha value is -2.35. The zero-order chi connectivity index (χ0) is 29.1. The Morgan fingerprint density at radius 1 is 1.27 bits per heavy atom. The number of halogens is 1. The molecule has 2 aromatic heterocycles. The highest BCUT2D eigenvalue weighted by atomic mass is 35.5. The number of pyridine rings is 1. The van der Waals surface area contributed by atoms with Gasteiger partial charge in [-0.1, -0.05) is 32.4 Å². The number of methoxy groups -OCH3 is 2. The third kappa shape index (κ3) is 6.92. The van der Waals surface area contributed by atoms with E-state index >= 15 is 0 Å². The third-order valence-corrected chi connectivity index (χ3v) is 12.4. The fraction of sp³-hybridized carbons (Fsp3) is 0.630. The summed E-state index contributed by atoms with van der Waals surface area (Å²) >= 11 is 6.24. The van der Waals surface area contributed by atoms with Crippen molar-refractivity contribution >= 4 is 37.7 Å². The standard InChI is InChI=1S/C27H40ClN5O6Si/c1-27(2,3)40(6,7)38-15-18-13-17-9-8-11-33(22(17)30-21(18)24(35-4)36-5)26(34)32-25-29-14-20(28)23(31-25)39-19-10-12-37-16-19/h13-14,19,24H,8-12,15-16H2,1-7H3,(H,29,31,32,34). The molecule has 1 saturated heterocycles. The van der Waals surface area contributed by atoms with Gasteiger partial charge in [0.25, 0.3) is 0 Å². The molecule has 2 aromatic rings. The second-order valence-electron chi connectivity index (χ2n) is 11.5. The maximum atomic E-state index is 13.5. The topological polar surface area (TPSA) is 117 Å². The van der Waals surface area contributed by atoms with Gasteiger partial charge >= 0.3 is 6.03 Å². The second-order valence-corrected chi connectivity index (χ2v) is 16.7. The van der Waals surface area contributed by atoms with Gasteiger partial charge in [0.15, 0.2) is 8.32 Å². The average Bonchev–Trinajstić information content (AvgIpc) is 3.42. The van der Waals surface area contributed by atoms with E-state index in [1.165, 1.54) is 6.20 Å². The van der Waals surface area contributed by atoms with Gasteiger partial charge in [-0.3, -0.25) is 10.2 Å². The van der Waals surface area contributed by atoms with E-state index in [9.17, 15) is 4.79 Å². The predicted octanol–water partition coefficient (Wildman–Crippen LogP) is 5.49. The molecule has 0 spiro atoms. The number of carbonyl (C=O) groups excluding carboxylic acids is 1. The Bertz CT molecular complexity index is 1200. The number of ether oxygens (including phenoxy) is 4. The van der Waals surface area contributed by atoms with Crippen LogP contribution >= 0.6 is 11.6 Å². The van der Waals surface area contributed by atoms with Gasteiger partial charge in [0.1, 0.15) is 22.6 Å². The number of fused-ring (bicyclic) bond motifs is 1. The molecule has 0 aliphatic carbocycles. The van der Waals surface area contributed by atoms with Crippen LogP contribution in [0.25, 0.3) is 0 Å². The monoisotopic (exact) mass is 593 g/mol. The van der Waals surface area contributed by atoms with E-state index in [4.69, 9.17) is 40.0 Å². The summed E-state index contributed by atoms with van der Waals surface area (Å²) in [4.78, 5) is 28.5. The van der Waals surface area contributed by atoms with Crippen molar-refractivity contribution in [1.29, 1.82) is 0 Å². The maximum Gasteiger partial charge on any atom is 0.329 e. The summed E-state index contributed by atoms with van der Waals surface area (Å²) in [5.74, 6) is 0.834. The first-order chi connectivity index (χ1) is 18.9. The van der Waals surface area contributed by atoms with Crippen LogP contribution in [0, 0.1) is 0 Å². The number of hydrogen-bond donors (Lipinski definition) is 1. The Morgan fingerprint density at radius 2 is 2.02 bits per heavy atom. The fourth-order valence-corrected chi connectivity index (χ4v) is 5.38. The van der Waals surface area contributed by atoms with Crippen molar-refractivity contribution in [3.8, 4) is 5.88 Å². The minimum atomic E-state index is -2.02. The molecule has 220 valence electrons. The number of rotatable bonds is 9. The zero-order valence-corrected chi connectivity index (χ0v) is 26.1. The van der Waals surface area contributed by atoms with E-state index in [1.54, 1.807) is 19.1 Å². The molecular weight excluding hydrogens is 554 g/mol. The normalized spacial score (nSPS) is 17.7. The van der Waals surface area contributed by atoms with E-state index < -0.39 is 20.6 Å². The van der Waals surface area contributed by atoms with E-state index in [0.29, 0.717) is 37.9 Å². The Balaban J connectivity index is 1.59. The molecule has 0 bridgehead atoms. The smallest absolute Gasteiger partial charge is 0.329 e. The molecule has 2 aliphatic rings. The molecular formula is C27H40ClN5O6Si. The molecule has 1 N–H and O–H groups in total. The summed E-state index contributed by atoms with van der Waals surface area (Å²) < 4.78 is 28.9. The lowest BCUT2D eigenvalue weighted by molar-refractivity contribution is -0.109. The minimum absolute atomic E-state index is 0.0606. The molecule has 1 fully saturated rings. The number of anilines is 2.